The summed E-state index contributed by atoms with van der Waals surface area (Å²) in [5, 5.41) is 6.08. The molecular weight excluding hydrogens is 370 g/mol. The van der Waals surface area contributed by atoms with Crippen molar-refractivity contribution in [2.24, 2.45) is 5.92 Å². The first-order chi connectivity index (χ1) is 14.1. The van der Waals surface area contributed by atoms with Crippen molar-refractivity contribution in [3.8, 4) is 11.5 Å². The number of rotatable bonds is 7. The van der Waals surface area contributed by atoms with Gasteiger partial charge in [-0.15, -0.1) is 0 Å². The van der Waals surface area contributed by atoms with Crippen LogP contribution in [0, 0.1) is 5.92 Å². The smallest absolute Gasteiger partial charge is 0.317 e. The molecule has 29 heavy (non-hydrogen) atoms. The maximum Gasteiger partial charge on any atom is 0.317 e. The predicted molar refractivity (Wildman–Crippen MR) is 111 cm³/mol. The van der Waals surface area contributed by atoms with Crippen LogP contribution < -0.4 is 20.1 Å². The van der Waals surface area contributed by atoms with Crippen LogP contribution in [-0.4, -0.2) is 50.7 Å². The Kier molecular flexibility index (Phi) is 7.23. The predicted octanol–water partition coefficient (Wildman–Crippen LogP) is 3.03. The van der Waals surface area contributed by atoms with Crippen LogP contribution in [0.5, 0.6) is 11.5 Å². The Balaban J connectivity index is 1.85. The number of nitrogens with one attached hydrogen (secondary N) is 2. The molecule has 1 aromatic rings. The molecule has 0 bridgehead atoms. The molecule has 3 amide bonds. The average Bonchev–Trinajstić information content (AvgIpc) is 3.29. The lowest BCUT2D eigenvalue weighted by Crippen LogP contribution is -2.49. The monoisotopic (exact) mass is 403 g/mol. The van der Waals surface area contributed by atoms with Gasteiger partial charge in [-0.25, -0.2) is 4.79 Å². The van der Waals surface area contributed by atoms with E-state index in [1.54, 1.807) is 14.2 Å². The molecule has 0 radical (unpaired) electrons. The van der Waals surface area contributed by atoms with E-state index in [2.05, 4.69) is 10.6 Å². The normalized spacial score (nSPS) is 18.9. The van der Waals surface area contributed by atoms with Crippen LogP contribution in [0.1, 0.15) is 56.2 Å². The molecule has 0 spiro atoms. The molecule has 1 aliphatic carbocycles. The first kappa shape index (κ1) is 21.3. The van der Waals surface area contributed by atoms with Gasteiger partial charge in [0.25, 0.3) is 0 Å². The number of benzene rings is 1. The second-order valence-corrected chi connectivity index (χ2v) is 7.82. The van der Waals surface area contributed by atoms with E-state index in [0.29, 0.717) is 31.1 Å². The second-order valence-electron chi connectivity index (χ2n) is 7.82. The first-order valence-corrected chi connectivity index (χ1v) is 10.7. The van der Waals surface area contributed by atoms with Gasteiger partial charge in [-0.05, 0) is 48.9 Å². The lowest BCUT2D eigenvalue weighted by molar-refractivity contribution is -0.125. The van der Waals surface area contributed by atoms with Gasteiger partial charge >= 0.3 is 6.03 Å². The molecule has 0 aromatic heterocycles. The highest BCUT2D eigenvalue weighted by atomic mass is 16.5. The van der Waals surface area contributed by atoms with Crippen molar-refractivity contribution in [3.05, 3.63) is 23.3 Å². The minimum absolute atomic E-state index is 0.0904. The summed E-state index contributed by atoms with van der Waals surface area (Å²) < 4.78 is 10.9. The van der Waals surface area contributed by atoms with Crippen LogP contribution in [0.15, 0.2) is 12.1 Å². The molecule has 1 aromatic carbocycles. The summed E-state index contributed by atoms with van der Waals surface area (Å²) in [7, 11) is 3.23. The Labute approximate surface area is 173 Å². The van der Waals surface area contributed by atoms with E-state index >= 15 is 0 Å². The zero-order valence-electron chi connectivity index (χ0n) is 17.8. The molecule has 0 unspecified atom stereocenters. The van der Waals surface area contributed by atoms with Gasteiger partial charge in [-0.3, -0.25) is 4.79 Å². The van der Waals surface area contributed by atoms with Crippen LogP contribution in [0.25, 0.3) is 0 Å². The van der Waals surface area contributed by atoms with Crippen molar-refractivity contribution in [1.29, 1.82) is 0 Å². The number of ether oxygens (including phenoxy) is 2. The van der Waals surface area contributed by atoms with Gasteiger partial charge in [0.15, 0.2) is 11.5 Å². The average molecular weight is 404 g/mol. The minimum atomic E-state index is -0.235. The number of amides is 3. The highest BCUT2D eigenvalue weighted by molar-refractivity contribution is 5.79. The second kappa shape index (κ2) is 9.85. The molecule has 2 N–H and O–H groups in total. The molecule has 7 nitrogen and oxygen atoms in total. The van der Waals surface area contributed by atoms with E-state index in [4.69, 9.17) is 9.47 Å². The summed E-state index contributed by atoms with van der Waals surface area (Å²) in [4.78, 5) is 27.2. The number of carbonyl (C=O) groups excluding carboxylic acids is 2. The minimum Gasteiger partial charge on any atom is -0.493 e. The van der Waals surface area contributed by atoms with Gasteiger partial charge in [-0.2, -0.15) is 0 Å². The fraction of sp³-hybridized carbons (Fsp3) is 0.636. The number of hydrogen-bond acceptors (Lipinski definition) is 4. The van der Waals surface area contributed by atoms with Crippen molar-refractivity contribution < 1.29 is 19.1 Å². The maximum absolute atomic E-state index is 12.8. The molecule has 1 atom stereocenters. The Morgan fingerprint density at radius 3 is 2.45 bits per heavy atom. The SMILES string of the molecule is CCCNC(=O)N1CCc2cc(OC)c(OC)cc2[C@H]1CNC(=O)C1CCCC1. The molecule has 1 fully saturated rings. The molecular formula is C22H33N3O4. The van der Waals surface area contributed by atoms with Crippen LogP contribution in [0.3, 0.4) is 0 Å². The van der Waals surface area contributed by atoms with E-state index in [1.165, 1.54) is 0 Å². The van der Waals surface area contributed by atoms with Crippen LogP contribution in [0.4, 0.5) is 4.79 Å². The Bertz CT molecular complexity index is 731. The fourth-order valence-electron chi connectivity index (χ4n) is 4.35. The van der Waals surface area contributed by atoms with Crippen molar-refractivity contribution in [1.82, 2.24) is 15.5 Å². The Morgan fingerprint density at radius 1 is 1.10 bits per heavy atom. The van der Waals surface area contributed by atoms with Gasteiger partial charge in [0.05, 0.1) is 20.3 Å². The van der Waals surface area contributed by atoms with Gasteiger partial charge in [-0.1, -0.05) is 19.8 Å². The molecule has 0 saturated heterocycles. The topological polar surface area (TPSA) is 79.9 Å². The standard InChI is InChI=1S/C22H33N3O4/c1-4-10-23-22(27)25-11-9-16-12-19(28-2)20(29-3)13-17(16)18(25)14-24-21(26)15-7-5-6-8-15/h12-13,15,18H,4-11,14H2,1-3H3,(H,23,27)(H,24,26)/t18-/m1/s1. The van der Waals surface area contributed by atoms with E-state index < -0.39 is 0 Å². The summed E-state index contributed by atoms with van der Waals surface area (Å²) in [6, 6.07) is 3.61. The summed E-state index contributed by atoms with van der Waals surface area (Å²) >= 11 is 0. The molecule has 2 aliphatic rings. The zero-order chi connectivity index (χ0) is 20.8. The van der Waals surface area contributed by atoms with E-state index in [1.807, 2.05) is 24.0 Å². The number of methoxy groups -OCH3 is 2. The lowest BCUT2D eigenvalue weighted by Gasteiger charge is -2.38. The van der Waals surface area contributed by atoms with Crippen molar-refractivity contribution >= 4 is 11.9 Å². The number of hydrogen-bond donors (Lipinski definition) is 2. The summed E-state index contributed by atoms with van der Waals surface area (Å²) in [5.74, 6) is 1.52. The van der Waals surface area contributed by atoms with Crippen LogP contribution >= 0.6 is 0 Å². The lowest BCUT2D eigenvalue weighted by atomic mass is 9.91. The molecule has 1 heterocycles. The molecule has 3 rings (SSSR count). The highest BCUT2D eigenvalue weighted by Crippen LogP contribution is 2.38. The molecule has 7 heteroatoms. The highest BCUT2D eigenvalue weighted by Gasteiger charge is 2.33. The summed E-state index contributed by atoms with van der Waals surface area (Å²) in [6.07, 6.45) is 5.77. The number of fused-ring (bicyclic) bond motifs is 1. The molecule has 160 valence electrons. The largest absolute Gasteiger partial charge is 0.493 e. The van der Waals surface area contributed by atoms with E-state index in [9.17, 15) is 9.59 Å². The van der Waals surface area contributed by atoms with Gasteiger partial charge < -0.3 is 25.0 Å². The number of carbonyl (C=O) groups is 2. The summed E-state index contributed by atoms with van der Waals surface area (Å²) in [6.45, 7) is 3.66. The Morgan fingerprint density at radius 2 is 1.79 bits per heavy atom. The number of nitrogens with zero attached hydrogens (tertiary/aromatic N) is 1. The van der Waals surface area contributed by atoms with Gasteiger partial charge in [0.2, 0.25) is 5.91 Å². The van der Waals surface area contributed by atoms with Crippen molar-refractivity contribution in [2.45, 2.75) is 51.5 Å². The summed E-state index contributed by atoms with van der Waals surface area (Å²) in [5.41, 5.74) is 2.13. The quantitative estimate of drug-likeness (QED) is 0.733. The number of urea groups is 1. The van der Waals surface area contributed by atoms with Crippen LogP contribution in [-0.2, 0) is 11.2 Å². The fourth-order valence-corrected chi connectivity index (χ4v) is 4.35. The van der Waals surface area contributed by atoms with Crippen molar-refractivity contribution in [2.75, 3.05) is 33.9 Å². The van der Waals surface area contributed by atoms with E-state index in [-0.39, 0.29) is 23.9 Å². The van der Waals surface area contributed by atoms with Gasteiger partial charge in [0.1, 0.15) is 0 Å². The molecule has 1 saturated carbocycles. The third-order valence-electron chi connectivity index (χ3n) is 5.99. The van der Waals surface area contributed by atoms with Crippen molar-refractivity contribution in [3.63, 3.8) is 0 Å². The Hall–Kier alpha value is -2.44. The molecule has 1 aliphatic heterocycles. The van der Waals surface area contributed by atoms with E-state index in [0.717, 1.165) is 49.7 Å². The first-order valence-electron chi connectivity index (χ1n) is 10.7. The van der Waals surface area contributed by atoms with Crippen LogP contribution in [0.2, 0.25) is 0 Å². The van der Waals surface area contributed by atoms with Gasteiger partial charge in [0, 0.05) is 25.6 Å². The zero-order valence-corrected chi connectivity index (χ0v) is 17.8. The maximum atomic E-state index is 12.8. The third-order valence-corrected chi connectivity index (χ3v) is 5.99. The third kappa shape index (κ3) is 4.77.